The quantitative estimate of drug-likeness (QED) is 0.745. The summed E-state index contributed by atoms with van der Waals surface area (Å²) in [5.74, 6) is 0.0221. The van der Waals surface area contributed by atoms with Gasteiger partial charge in [-0.25, -0.2) is 0 Å². The van der Waals surface area contributed by atoms with Gasteiger partial charge in [0.05, 0.1) is 0 Å². The molecule has 132 valence electrons. The van der Waals surface area contributed by atoms with E-state index in [1.165, 1.54) is 10.4 Å². The average Bonchev–Trinajstić information content (AvgIpc) is 3.08. The number of nitrogens with zero attached hydrogens (tertiary/aromatic N) is 2. The summed E-state index contributed by atoms with van der Waals surface area (Å²) in [4.78, 5) is 29.7. The monoisotopic (exact) mass is 420 g/mol. The summed E-state index contributed by atoms with van der Waals surface area (Å²) in [5, 5.41) is 2.08. The van der Waals surface area contributed by atoms with Crippen LogP contribution in [0, 0.1) is 6.92 Å². The molecule has 2 heterocycles. The zero-order valence-electron chi connectivity index (χ0n) is 14.4. The number of hydrogen-bond acceptors (Lipinski definition) is 3. The summed E-state index contributed by atoms with van der Waals surface area (Å²) < 4.78 is 1.02. The normalized spacial score (nSPS) is 13.5. The molecule has 1 aliphatic rings. The molecule has 0 saturated carbocycles. The second-order valence-corrected chi connectivity index (χ2v) is 8.18. The van der Waals surface area contributed by atoms with Gasteiger partial charge in [-0.15, -0.1) is 11.3 Å². The van der Waals surface area contributed by atoms with Gasteiger partial charge >= 0.3 is 0 Å². The molecule has 2 aromatic rings. The number of carbonyl (C=O) groups is 2. The van der Waals surface area contributed by atoms with Crippen LogP contribution in [-0.4, -0.2) is 30.3 Å². The Morgan fingerprint density at radius 2 is 2.08 bits per heavy atom. The maximum atomic E-state index is 12.4. The second kappa shape index (κ2) is 7.70. The Balaban J connectivity index is 1.55. The molecule has 1 aromatic heterocycles. The summed E-state index contributed by atoms with van der Waals surface area (Å²) in [6.45, 7) is 3.42. The number of thiophene rings is 1. The van der Waals surface area contributed by atoms with E-state index in [0.717, 1.165) is 28.7 Å². The van der Waals surface area contributed by atoms with E-state index >= 15 is 0 Å². The number of hydrogen-bond donors (Lipinski definition) is 0. The van der Waals surface area contributed by atoms with Crippen molar-refractivity contribution in [3.05, 3.63) is 50.1 Å². The number of amides is 2. The summed E-state index contributed by atoms with van der Waals surface area (Å²) in [6, 6.07) is 7.89. The number of benzene rings is 1. The van der Waals surface area contributed by atoms with Gasteiger partial charge in [-0.1, -0.05) is 15.9 Å². The lowest BCUT2D eigenvalue weighted by molar-refractivity contribution is -0.133. The van der Waals surface area contributed by atoms with Gasteiger partial charge in [-0.05, 0) is 54.1 Å². The Morgan fingerprint density at radius 3 is 2.84 bits per heavy atom. The highest BCUT2D eigenvalue weighted by Crippen LogP contribution is 2.25. The molecular weight excluding hydrogens is 400 g/mol. The average molecular weight is 421 g/mol. The van der Waals surface area contributed by atoms with Crippen molar-refractivity contribution in [1.82, 2.24) is 4.90 Å². The highest BCUT2D eigenvalue weighted by atomic mass is 79.9. The van der Waals surface area contributed by atoms with E-state index in [9.17, 15) is 9.59 Å². The Hall–Kier alpha value is -1.66. The summed E-state index contributed by atoms with van der Waals surface area (Å²) >= 11 is 5.22. The fourth-order valence-electron chi connectivity index (χ4n) is 2.98. The van der Waals surface area contributed by atoms with Crippen LogP contribution in [-0.2, 0) is 22.6 Å². The Labute approximate surface area is 160 Å². The van der Waals surface area contributed by atoms with Crippen LogP contribution in [0.25, 0.3) is 0 Å². The van der Waals surface area contributed by atoms with Crippen molar-refractivity contribution in [1.29, 1.82) is 0 Å². The van der Waals surface area contributed by atoms with E-state index in [1.54, 1.807) is 23.3 Å². The van der Waals surface area contributed by atoms with Crippen LogP contribution in [0.2, 0.25) is 0 Å². The maximum absolute atomic E-state index is 12.4. The van der Waals surface area contributed by atoms with Crippen LogP contribution >= 0.6 is 27.3 Å². The first kappa shape index (κ1) is 18.1. The molecule has 2 amide bonds. The van der Waals surface area contributed by atoms with Gasteiger partial charge < -0.3 is 9.80 Å². The molecule has 0 saturated heterocycles. The van der Waals surface area contributed by atoms with Crippen LogP contribution in [0.15, 0.2) is 34.1 Å². The second-order valence-electron chi connectivity index (χ2n) is 6.32. The van der Waals surface area contributed by atoms with Crippen LogP contribution in [0.4, 0.5) is 5.69 Å². The highest BCUT2D eigenvalue weighted by Gasteiger charge is 2.22. The molecule has 0 bridgehead atoms. The molecule has 3 rings (SSSR count). The van der Waals surface area contributed by atoms with Crippen LogP contribution < -0.4 is 4.90 Å². The zero-order chi connectivity index (χ0) is 18.0. The van der Waals surface area contributed by atoms with Gasteiger partial charge in [-0.3, -0.25) is 9.59 Å². The van der Waals surface area contributed by atoms with E-state index in [1.807, 2.05) is 30.0 Å². The fraction of sp³-hybridized carbons (Fsp3) is 0.368. The van der Waals surface area contributed by atoms with Gasteiger partial charge in [0.1, 0.15) is 0 Å². The Kier molecular flexibility index (Phi) is 5.59. The number of fused-ring (bicyclic) bond motifs is 1. The van der Waals surface area contributed by atoms with Gasteiger partial charge in [0.25, 0.3) is 0 Å². The molecule has 0 aliphatic carbocycles. The molecule has 0 fully saturated rings. The number of anilines is 1. The Bertz CT molecular complexity index is 802. The predicted octanol–water partition coefficient (Wildman–Crippen LogP) is 4.15. The molecule has 1 aromatic carbocycles. The lowest BCUT2D eigenvalue weighted by atomic mass is 10.1. The standard InChI is InChI=1S/C19H21BrN2O2S/c1-13-11-15(3-4-16(13)20)21(2)18(23)5-6-19(24)22-9-7-17-14(12-22)8-10-25-17/h3-4,8,10-11H,5-7,9,12H2,1-2H3. The molecule has 0 spiro atoms. The van der Waals surface area contributed by atoms with Crippen molar-refractivity contribution in [2.45, 2.75) is 32.7 Å². The molecule has 0 atom stereocenters. The van der Waals surface area contributed by atoms with E-state index in [0.29, 0.717) is 6.54 Å². The van der Waals surface area contributed by atoms with E-state index in [4.69, 9.17) is 0 Å². The molecular formula is C19H21BrN2O2S. The van der Waals surface area contributed by atoms with E-state index in [-0.39, 0.29) is 24.7 Å². The first-order valence-electron chi connectivity index (χ1n) is 8.31. The first-order chi connectivity index (χ1) is 12.0. The zero-order valence-corrected chi connectivity index (χ0v) is 16.8. The maximum Gasteiger partial charge on any atom is 0.227 e. The Morgan fingerprint density at radius 1 is 1.28 bits per heavy atom. The summed E-state index contributed by atoms with van der Waals surface area (Å²) in [7, 11) is 1.76. The minimum atomic E-state index is -0.0386. The third-order valence-electron chi connectivity index (χ3n) is 4.62. The molecule has 1 aliphatic heterocycles. The van der Waals surface area contributed by atoms with E-state index in [2.05, 4.69) is 27.4 Å². The molecule has 25 heavy (non-hydrogen) atoms. The smallest absolute Gasteiger partial charge is 0.227 e. The largest absolute Gasteiger partial charge is 0.338 e. The van der Waals surface area contributed by atoms with Gasteiger partial charge in [-0.2, -0.15) is 0 Å². The summed E-state index contributed by atoms with van der Waals surface area (Å²) in [6.07, 6.45) is 1.42. The summed E-state index contributed by atoms with van der Waals surface area (Å²) in [5.41, 5.74) is 3.17. The van der Waals surface area contributed by atoms with Crippen LogP contribution in [0.3, 0.4) is 0 Å². The fourth-order valence-corrected chi connectivity index (χ4v) is 4.12. The van der Waals surface area contributed by atoms with Gasteiger partial charge in [0, 0.05) is 48.0 Å². The van der Waals surface area contributed by atoms with Crippen molar-refractivity contribution < 1.29 is 9.59 Å². The topological polar surface area (TPSA) is 40.6 Å². The minimum absolute atomic E-state index is 0.0386. The number of halogens is 1. The van der Waals surface area contributed by atoms with Crippen molar-refractivity contribution in [2.75, 3.05) is 18.5 Å². The molecule has 0 radical (unpaired) electrons. The lowest BCUT2D eigenvalue weighted by Crippen LogP contribution is -2.36. The first-order valence-corrected chi connectivity index (χ1v) is 9.98. The number of rotatable bonds is 4. The molecule has 4 nitrogen and oxygen atoms in total. The van der Waals surface area contributed by atoms with Crippen molar-refractivity contribution >= 4 is 44.8 Å². The highest BCUT2D eigenvalue weighted by molar-refractivity contribution is 9.10. The molecule has 6 heteroatoms. The van der Waals surface area contributed by atoms with Crippen molar-refractivity contribution in [2.24, 2.45) is 0 Å². The molecule has 0 N–H and O–H groups in total. The third-order valence-corrected chi connectivity index (χ3v) is 6.53. The minimum Gasteiger partial charge on any atom is -0.338 e. The third kappa shape index (κ3) is 4.12. The van der Waals surface area contributed by atoms with E-state index < -0.39 is 0 Å². The molecule has 0 unspecified atom stereocenters. The van der Waals surface area contributed by atoms with Gasteiger partial charge in [0.15, 0.2) is 0 Å². The van der Waals surface area contributed by atoms with Crippen LogP contribution in [0.5, 0.6) is 0 Å². The van der Waals surface area contributed by atoms with Crippen LogP contribution in [0.1, 0.15) is 28.8 Å². The van der Waals surface area contributed by atoms with Crippen molar-refractivity contribution in [3.63, 3.8) is 0 Å². The number of carbonyl (C=O) groups excluding carboxylic acids is 2. The van der Waals surface area contributed by atoms with Gasteiger partial charge in [0.2, 0.25) is 11.8 Å². The number of aryl methyl sites for hydroxylation is 1. The lowest BCUT2D eigenvalue weighted by Gasteiger charge is -2.27. The SMILES string of the molecule is Cc1cc(N(C)C(=O)CCC(=O)N2CCc3sccc3C2)ccc1Br. The predicted molar refractivity (Wildman–Crippen MR) is 105 cm³/mol. The van der Waals surface area contributed by atoms with Crippen molar-refractivity contribution in [3.8, 4) is 0 Å².